The Labute approximate surface area is 170 Å². The van der Waals surface area contributed by atoms with Crippen molar-refractivity contribution in [1.29, 1.82) is 0 Å². The molecule has 27 heavy (non-hydrogen) atoms. The van der Waals surface area contributed by atoms with E-state index in [4.69, 9.17) is 32.7 Å². The Morgan fingerprint density at radius 1 is 0.778 bits per heavy atom. The van der Waals surface area contributed by atoms with E-state index in [1.54, 1.807) is 14.2 Å². The highest BCUT2D eigenvalue weighted by Crippen LogP contribution is 2.69. The fraction of sp³-hybridized carbons (Fsp3) is 0.478. The van der Waals surface area contributed by atoms with E-state index in [1.165, 1.54) is 35.1 Å². The molecule has 0 aliphatic heterocycles. The topological polar surface area (TPSA) is 18.5 Å². The van der Waals surface area contributed by atoms with Crippen molar-refractivity contribution in [3.63, 3.8) is 0 Å². The van der Waals surface area contributed by atoms with E-state index < -0.39 is 0 Å². The summed E-state index contributed by atoms with van der Waals surface area (Å²) in [4.78, 5) is 0. The van der Waals surface area contributed by atoms with Crippen molar-refractivity contribution in [2.75, 3.05) is 14.2 Å². The average Bonchev–Trinajstić information content (AvgIpc) is 2.69. The Balaban J connectivity index is 1.77. The fourth-order valence-electron chi connectivity index (χ4n) is 5.87. The summed E-state index contributed by atoms with van der Waals surface area (Å²) in [5.41, 5.74) is 7.51. The van der Waals surface area contributed by atoms with Gasteiger partial charge in [-0.2, -0.15) is 0 Å². The summed E-state index contributed by atoms with van der Waals surface area (Å²) in [6.45, 7) is 0. The van der Waals surface area contributed by atoms with Crippen LogP contribution in [0, 0.1) is 11.8 Å². The number of halogens is 2. The molecular formula is C23H24Cl2O2. The quantitative estimate of drug-likeness (QED) is 0.584. The molecule has 142 valence electrons. The van der Waals surface area contributed by atoms with Crippen LogP contribution in [-0.4, -0.2) is 14.2 Å². The molecule has 5 rings (SSSR count). The minimum Gasteiger partial charge on any atom is -0.496 e. The maximum atomic E-state index is 6.30. The Hall–Kier alpha value is -1.38. The van der Waals surface area contributed by atoms with Crippen LogP contribution in [0.2, 0.25) is 0 Å². The van der Waals surface area contributed by atoms with Crippen LogP contribution in [0.3, 0.4) is 0 Å². The molecule has 4 unspecified atom stereocenters. The lowest BCUT2D eigenvalue weighted by Gasteiger charge is -2.60. The molecule has 0 radical (unpaired) electrons. The number of hydrogen-bond acceptors (Lipinski definition) is 2. The summed E-state index contributed by atoms with van der Waals surface area (Å²) >= 11 is 12.6. The lowest BCUT2D eigenvalue weighted by molar-refractivity contribution is -0.0132. The maximum absolute atomic E-state index is 6.30. The predicted molar refractivity (Wildman–Crippen MR) is 110 cm³/mol. The first-order chi connectivity index (χ1) is 13.2. The van der Waals surface area contributed by atoms with Gasteiger partial charge in [-0.3, -0.25) is 0 Å². The van der Waals surface area contributed by atoms with Crippen LogP contribution in [0.15, 0.2) is 24.3 Å². The lowest BCUT2D eigenvalue weighted by Crippen LogP contribution is -2.50. The highest BCUT2D eigenvalue weighted by Gasteiger charge is 2.57. The third-order valence-corrected chi connectivity index (χ3v) is 7.60. The van der Waals surface area contributed by atoms with E-state index in [0.717, 1.165) is 40.9 Å². The zero-order valence-corrected chi connectivity index (χ0v) is 17.2. The molecule has 2 saturated carbocycles. The van der Waals surface area contributed by atoms with Crippen LogP contribution >= 0.6 is 23.2 Å². The summed E-state index contributed by atoms with van der Waals surface area (Å²) in [5.74, 6) is 5.37. The first kappa shape index (κ1) is 17.7. The molecule has 0 heterocycles. The van der Waals surface area contributed by atoms with E-state index in [-0.39, 0.29) is 0 Å². The van der Waals surface area contributed by atoms with Gasteiger partial charge in [0.1, 0.15) is 11.5 Å². The van der Waals surface area contributed by atoms with Gasteiger partial charge in [0.2, 0.25) is 0 Å². The van der Waals surface area contributed by atoms with Crippen molar-refractivity contribution < 1.29 is 9.47 Å². The Bertz CT molecular complexity index is 834. The molecule has 4 heteroatoms. The standard InChI is InChI=1S/C23H24Cl2O2/c1-26-22-14(10-24)6-12-5-13-7-15(11-25)23(27-2)19(9-13)21-17-4-3-16(17)20(21)18(22)8-12/h6-9,16-17,20-21H,3-5,10-11H2,1-2H3. The highest BCUT2D eigenvalue weighted by atomic mass is 35.5. The lowest BCUT2D eigenvalue weighted by atomic mass is 9.44. The van der Waals surface area contributed by atoms with Crippen LogP contribution in [0.25, 0.3) is 0 Å². The normalized spacial score (nSPS) is 27.1. The fourth-order valence-corrected chi connectivity index (χ4v) is 6.27. The molecular weight excluding hydrogens is 379 g/mol. The first-order valence-corrected chi connectivity index (χ1v) is 10.8. The number of rotatable bonds is 4. The van der Waals surface area contributed by atoms with Gasteiger partial charge in [-0.05, 0) is 65.2 Å². The largest absolute Gasteiger partial charge is 0.496 e. The van der Waals surface area contributed by atoms with Gasteiger partial charge in [-0.1, -0.05) is 24.3 Å². The number of methoxy groups -OCH3 is 2. The van der Waals surface area contributed by atoms with Crippen molar-refractivity contribution in [3.8, 4) is 11.5 Å². The van der Waals surface area contributed by atoms with Crippen molar-refractivity contribution in [2.24, 2.45) is 11.8 Å². The first-order valence-electron chi connectivity index (χ1n) is 9.71. The van der Waals surface area contributed by atoms with Gasteiger partial charge in [0.05, 0.1) is 26.0 Å². The van der Waals surface area contributed by atoms with E-state index in [0.29, 0.717) is 23.6 Å². The summed E-state index contributed by atoms with van der Waals surface area (Å²) in [5, 5.41) is 0. The van der Waals surface area contributed by atoms with Crippen molar-refractivity contribution in [3.05, 3.63) is 57.6 Å². The molecule has 2 nitrogen and oxygen atoms in total. The van der Waals surface area contributed by atoms with Crippen LogP contribution in [0.4, 0.5) is 0 Å². The number of alkyl halides is 2. The molecule has 2 aromatic rings. The molecule has 3 aliphatic carbocycles. The molecule has 0 aromatic heterocycles. The molecule has 4 atom stereocenters. The second-order valence-electron chi connectivity index (χ2n) is 8.16. The third kappa shape index (κ3) is 2.46. The van der Waals surface area contributed by atoms with Gasteiger partial charge in [0.25, 0.3) is 0 Å². The Kier molecular flexibility index (Phi) is 4.33. The predicted octanol–water partition coefficient (Wildman–Crippen LogP) is 5.99. The Morgan fingerprint density at radius 2 is 1.22 bits per heavy atom. The molecule has 2 aromatic carbocycles. The summed E-state index contributed by atoms with van der Waals surface area (Å²) in [6, 6.07) is 9.14. The molecule has 3 aliphatic rings. The van der Waals surface area contributed by atoms with E-state index in [9.17, 15) is 0 Å². The monoisotopic (exact) mass is 402 g/mol. The molecule has 0 amide bonds. The van der Waals surface area contributed by atoms with Crippen molar-refractivity contribution >= 4 is 23.2 Å². The minimum absolute atomic E-state index is 0.476. The van der Waals surface area contributed by atoms with E-state index in [1.807, 2.05) is 0 Å². The van der Waals surface area contributed by atoms with Crippen LogP contribution in [-0.2, 0) is 18.2 Å². The SMILES string of the molecule is COc1c(CCl)cc2cc1C1C3CCC3C1c1cc(cc(CCl)c1OC)C2. The van der Waals surface area contributed by atoms with E-state index in [2.05, 4.69) is 24.3 Å². The number of benzene rings is 2. The third-order valence-electron chi connectivity index (χ3n) is 7.02. The number of fused-ring (bicyclic) bond motifs is 10. The maximum Gasteiger partial charge on any atom is 0.126 e. The second-order valence-corrected chi connectivity index (χ2v) is 8.69. The van der Waals surface area contributed by atoms with Gasteiger partial charge < -0.3 is 9.47 Å². The zero-order chi connectivity index (χ0) is 18.7. The minimum atomic E-state index is 0.476. The van der Waals surface area contributed by atoms with Crippen molar-refractivity contribution in [2.45, 2.75) is 42.9 Å². The van der Waals surface area contributed by atoms with Gasteiger partial charge in [0, 0.05) is 11.1 Å². The van der Waals surface area contributed by atoms with Crippen molar-refractivity contribution in [1.82, 2.24) is 0 Å². The highest BCUT2D eigenvalue weighted by molar-refractivity contribution is 6.17. The van der Waals surface area contributed by atoms with Gasteiger partial charge in [-0.15, -0.1) is 23.2 Å². The van der Waals surface area contributed by atoms with Crippen LogP contribution in [0.5, 0.6) is 11.5 Å². The second kappa shape index (κ2) is 6.60. The Morgan fingerprint density at radius 3 is 1.56 bits per heavy atom. The molecule has 2 fully saturated rings. The molecule has 4 bridgehead atoms. The van der Waals surface area contributed by atoms with E-state index >= 15 is 0 Å². The smallest absolute Gasteiger partial charge is 0.126 e. The summed E-state index contributed by atoms with van der Waals surface area (Å²) in [7, 11) is 3.54. The average molecular weight is 403 g/mol. The van der Waals surface area contributed by atoms with Gasteiger partial charge in [-0.25, -0.2) is 0 Å². The summed E-state index contributed by atoms with van der Waals surface area (Å²) < 4.78 is 11.7. The van der Waals surface area contributed by atoms with Crippen LogP contribution in [0.1, 0.15) is 58.1 Å². The molecule has 0 N–H and O–H groups in total. The van der Waals surface area contributed by atoms with Gasteiger partial charge >= 0.3 is 0 Å². The molecule has 0 spiro atoms. The molecule has 0 saturated heterocycles. The number of ether oxygens (including phenoxy) is 2. The zero-order valence-electron chi connectivity index (χ0n) is 15.7. The number of hydrogen-bond donors (Lipinski definition) is 0. The van der Waals surface area contributed by atoms with Crippen LogP contribution < -0.4 is 9.47 Å². The summed E-state index contributed by atoms with van der Waals surface area (Å²) in [6.07, 6.45) is 3.50. The van der Waals surface area contributed by atoms with Gasteiger partial charge in [0.15, 0.2) is 0 Å².